The minimum Gasteiger partial charge on any atom is -0.342 e. The number of thiophene rings is 1. The molecule has 0 unspecified atom stereocenters. The zero-order valence-corrected chi connectivity index (χ0v) is 9.43. The second-order valence-corrected chi connectivity index (χ2v) is 3.98. The molecule has 0 aliphatic heterocycles. The third-order valence-electron chi connectivity index (χ3n) is 2.04. The summed E-state index contributed by atoms with van der Waals surface area (Å²) in [6.07, 6.45) is 0.989. The smallest absolute Gasteiger partial charge is 0.254 e. The standard InChI is InChI=1S/C10H16N2OS/c1-11-5-3-6-12(2)10(13)9-4-7-14-8-9/h4,7-8,11H,3,5-6H2,1-2H3. The summed E-state index contributed by atoms with van der Waals surface area (Å²) in [4.78, 5) is 13.5. The number of hydrogen-bond acceptors (Lipinski definition) is 3. The van der Waals surface area contributed by atoms with Gasteiger partial charge in [-0.2, -0.15) is 11.3 Å². The van der Waals surface area contributed by atoms with Crippen molar-refractivity contribution in [2.45, 2.75) is 6.42 Å². The Balaban J connectivity index is 2.37. The van der Waals surface area contributed by atoms with E-state index < -0.39 is 0 Å². The molecule has 0 atom stereocenters. The lowest BCUT2D eigenvalue weighted by Gasteiger charge is -2.15. The maximum absolute atomic E-state index is 11.7. The van der Waals surface area contributed by atoms with Gasteiger partial charge in [-0.05, 0) is 31.5 Å². The molecule has 78 valence electrons. The Morgan fingerprint density at radius 2 is 2.43 bits per heavy atom. The normalized spacial score (nSPS) is 10.1. The predicted octanol–water partition coefficient (Wildman–Crippen LogP) is 1.43. The maximum Gasteiger partial charge on any atom is 0.254 e. The van der Waals surface area contributed by atoms with Gasteiger partial charge in [-0.15, -0.1) is 0 Å². The van der Waals surface area contributed by atoms with Crippen LogP contribution in [0.1, 0.15) is 16.8 Å². The molecule has 0 radical (unpaired) electrons. The Hall–Kier alpha value is -0.870. The van der Waals surface area contributed by atoms with Crippen molar-refractivity contribution in [3.63, 3.8) is 0 Å². The molecule has 14 heavy (non-hydrogen) atoms. The van der Waals surface area contributed by atoms with E-state index >= 15 is 0 Å². The lowest BCUT2D eigenvalue weighted by molar-refractivity contribution is 0.0794. The Morgan fingerprint density at radius 1 is 1.64 bits per heavy atom. The molecule has 1 N–H and O–H groups in total. The Morgan fingerprint density at radius 3 is 3.00 bits per heavy atom. The molecule has 1 aromatic rings. The van der Waals surface area contributed by atoms with Crippen LogP contribution in [0.5, 0.6) is 0 Å². The first-order valence-electron chi connectivity index (χ1n) is 4.68. The van der Waals surface area contributed by atoms with Gasteiger partial charge >= 0.3 is 0 Å². The second-order valence-electron chi connectivity index (χ2n) is 3.20. The van der Waals surface area contributed by atoms with Gasteiger partial charge in [-0.3, -0.25) is 4.79 Å². The third-order valence-corrected chi connectivity index (χ3v) is 2.72. The highest BCUT2D eigenvalue weighted by molar-refractivity contribution is 7.08. The van der Waals surface area contributed by atoms with Crippen molar-refractivity contribution in [3.05, 3.63) is 22.4 Å². The number of nitrogens with one attached hydrogen (secondary N) is 1. The van der Waals surface area contributed by atoms with Crippen molar-refractivity contribution >= 4 is 17.2 Å². The van der Waals surface area contributed by atoms with Crippen LogP contribution >= 0.6 is 11.3 Å². The first kappa shape index (κ1) is 11.2. The average molecular weight is 212 g/mol. The van der Waals surface area contributed by atoms with E-state index in [1.54, 1.807) is 16.2 Å². The van der Waals surface area contributed by atoms with Gasteiger partial charge in [-0.25, -0.2) is 0 Å². The fourth-order valence-electron chi connectivity index (χ4n) is 1.20. The molecule has 0 spiro atoms. The topological polar surface area (TPSA) is 32.3 Å². The van der Waals surface area contributed by atoms with Crippen molar-refractivity contribution in [3.8, 4) is 0 Å². The van der Waals surface area contributed by atoms with Gasteiger partial charge in [0.15, 0.2) is 0 Å². The molecular weight excluding hydrogens is 196 g/mol. The van der Waals surface area contributed by atoms with Crippen LogP contribution in [0.4, 0.5) is 0 Å². The van der Waals surface area contributed by atoms with Crippen molar-refractivity contribution < 1.29 is 4.79 Å². The zero-order valence-electron chi connectivity index (χ0n) is 8.62. The molecule has 0 aliphatic rings. The number of nitrogens with zero attached hydrogens (tertiary/aromatic N) is 1. The summed E-state index contributed by atoms with van der Waals surface area (Å²) in [7, 11) is 3.76. The molecule has 1 heterocycles. The number of carbonyl (C=O) groups excluding carboxylic acids is 1. The minimum absolute atomic E-state index is 0.113. The lowest BCUT2D eigenvalue weighted by Crippen LogP contribution is -2.29. The summed E-state index contributed by atoms with van der Waals surface area (Å²) in [5.74, 6) is 0.113. The van der Waals surface area contributed by atoms with E-state index in [-0.39, 0.29) is 5.91 Å². The van der Waals surface area contributed by atoms with Crippen molar-refractivity contribution in [2.75, 3.05) is 27.2 Å². The molecule has 0 saturated heterocycles. The molecule has 1 aromatic heterocycles. The number of amides is 1. The molecule has 0 aliphatic carbocycles. The summed E-state index contributed by atoms with van der Waals surface area (Å²) in [6, 6.07) is 1.86. The molecule has 1 rings (SSSR count). The van der Waals surface area contributed by atoms with Gasteiger partial charge in [-0.1, -0.05) is 0 Å². The fraction of sp³-hybridized carbons (Fsp3) is 0.500. The van der Waals surface area contributed by atoms with E-state index in [0.717, 1.165) is 25.1 Å². The molecule has 1 amide bonds. The highest BCUT2D eigenvalue weighted by atomic mass is 32.1. The van der Waals surface area contributed by atoms with Crippen LogP contribution in [0.3, 0.4) is 0 Å². The number of carbonyl (C=O) groups is 1. The van der Waals surface area contributed by atoms with Crippen LogP contribution in [0.2, 0.25) is 0 Å². The quantitative estimate of drug-likeness (QED) is 0.749. The summed E-state index contributed by atoms with van der Waals surface area (Å²) >= 11 is 1.55. The summed E-state index contributed by atoms with van der Waals surface area (Å²) in [6.45, 7) is 1.75. The van der Waals surface area contributed by atoms with Crippen molar-refractivity contribution in [1.82, 2.24) is 10.2 Å². The second kappa shape index (κ2) is 5.78. The predicted molar refractivity (Wildman–Crippen MR) is 59.8 cm³/mol. The summed E-state index contributed by atoms with van der Waals surface area (Å²) in [5.41, 5.74) is 0.793. The van der Waals surface area contributed by atoms with Crippen LogP contribution in [0.15, 0.2) is 16.8 Å². The molecular formula is C10H16N2OS. The third kappa shape index (κ3) is 3.12. The van der Waals surface area contributed by atoms with Crippen LogP contribution in [0, 0.1) is 0 Å². The number of rotatable bonds is 5. The molecule has 0 aromatic carbocycles. The van der Waals surface area contributed by atoms with E-state index in [1.807, 2.05) is 30.9 Å². The highest BCUT2D eigenvalue weighted by Gasteiger charge is 2.10. The summed E-state index contributed by atoms with van der Waals surface area (Å²) < 4.78 is 0. The van der Waals surface area contributed by atoms with E-state index in [1.165, 1.54) is 0 Å². The first-order chi connectivity index (χ1) is 6.75. The van der Waals surface area contributed by atoms with Crippen LogP contribution in [-0.2, 0) is 0 Å². The fourth-order valence-corrected chi connectivity index (χ4v) is 1.83. The van der Waals surface area contributed by atoms with E-state index in [4.69, 9.17) is 0 Å². The zero-order chi connectivity index (χ0) is 10.4. The van der Waals surface area contributed by atoms with Gasteiger partial charge < -0.3 is 10.2 Å². The number of hydrogen-bond donors (Lipinski definition) is 1. The van der Waals surface area contributed by atoms with Crippen molar-refractivity contribution in [2.24, 2.45) is 0 Å². The highest BCUT2D eigenvalue weighted by Crippen LogP contribution is 2.08. The van der Waals surface area contributed by atoms with E-state index in [2.05, 4.69) is 5.32 Å². The lowest BCUT2D eigenvalue weighted by atomic mass is 10.3. The van der Waals surface area contributed by atoms with Crippen molar-refractivity contribution in [1.29, 1.82) is 0 Å². The van der Waals surface area contributed by atoms with E-state index in [0.29, 0.717) is 0 Å². The minimum atomic E-state index is 0.113. The molecule has 0 saturated carbocycles. The van der Waals surface area contributed by atoms with Crippen LogP contribution < -0.4 is 5.32 Å². The maximum atomic E-state index is 11.7. The Kier molecular flexibility index (Phi) is 4.62. The van der Waals surface area contributed by atoms with Gasteiger partial charge in [0.05, 0.1) is 5.56 Å². The molecule has 0 fully saturated rings. The van der Waals surface area contributed by atoms with Gasteiger partial charge in [0.2, 0.25) is 0 Å². The summed E-state index contributed by atoms with van der Waals surface area (Å²) in [5, 5.41) is 6.87. The van der Waals surface area contributed by atoms with E-state index in [9.17, 15) is 4.79 Å². The first-order valence-corrected chi connectivity index (χ1v) is 5.62. The Labute approximate surface area is 88.7 Å². The molecule has 4 heteroatoms. The molecule has 3 nitrogen and oxygen atoms in total. The van der Waals surface area contributed by atoms with Crippen LogP contribution in [0.25, 0.3) is 0 Å². The molecule has 0 bridgehead atoms. The van der Waals surface area contributed by atoms with Gasteiger partial charge in [0, 0.05) is 19.0 Å². The van der Waals surface area contributed by atoms with Gasteiger partial charge in [0.25, 0.3) is 5.91 Å². The average Bonchev–Trinajstić information content (AvgIpc) is 2.69. The Bertz CT molecular complexity index is 272. The van der Waals surface area contributed by atoms with Gasteiger partial charge in [0.1, 0.15) is 0 Å². The largest absolute Gasteiger partial charge is 0.342 e. The monoisotopic (exact) mass is 212 g/mol. The SMILES string of the molecule is CNCCCN(C)C(=O)c1ccsc1. The van der Waals surface area contributed by atoms with Crippen LogP contribution in [-0.4, -0.2) is 38.0 Å².